The van der Waals surface area contributed by atoms with Gasteiger partial charge >= 0.3 is 0 Å². The number of carbonyl (C=O) groups is 1. The van der Waals surface area contributed by atoms with Gasteiger partial charge in [0, 0.05) is 25.2 Å². The fourth-order valence-electron chi connectivity index (χ4n) is 2.79. The number of hydrogen-bond acceptors (Lipinski definition) is 5. The average molecular weight is 356 g/mol. The van der Waals surface area contributed by atoms with Crippen LogP contribution in [0.4, 0.5) is 5.69 Å². The summed E-state index contributed by atoms with van der Waals surface area (Å²) in [7, 11) is 0. The van der Waals surface area contributed by atoms with Crippen LogP contribution in [0.25, 0.3) is 0 Å². The van der Waals surface area contributed by atoms with Gasteiger partial charge in [-0.1, -0.05) is 17.3 Å². The van der Waals surface area contributed by atoms with Crippen LogP contribution >= 0.6 is 0 Å². The second kappa shape index (κ2) is 8.46. The SMILES string of the molecule is CCNC(=NCc1ccc(N2CCCC2=O)cc1)NCc1nc(C)no1. The Balaban J connectivity index is 1.58. The summed E-state index contributed by atoms with van der Waals surface area (Å²) in [5, 5.41) is 10.1. The third kappa shape index (κ3) is 4.59. The Hall–Kier alpha value is -2.90. The summed E-state index contributed by atoms with van der Waals surface area (Å²) < 4.78 is 5.09. The van der Waals surface area contributed by atoms with Gasteiger partial charge in [0.15, 0.2) is 11.8 Å². The quantitative estimate of drug-likeness (QED) is 0.605. The Labute approximate surface area is 152 Å². The highest BCUT2D eigenvalue weighted by atomic mass is 16.5. The van der Waals surface area contributed by atoms with Crippen molar-refractivity contribution in [2.75, 3.05) is 18.0 Å². The largest absolute Gasteiger partial charge is 0.357 e. The third-order valence-corrected chi connectivity index (χ3v) is 4.06. The number of aliphatic imine (C=N–C) groups is 1. The van der Waals surface area contributed by atoms with E-state index in [0.29, 0.717) is 37.2 Å². The molecule has 1 aliphatic heterocycles. The zero-order chi connectivity index (χ0) is 18.4. The first kappa shape index (κ1) is 17.9. The highest BCUT2D eigenvalue weighted by Crippen LogP contribution is 2.21. The number of aromatic nitrogens is 2. The number of rotatable bonds is 6. The van der Waals surface area contributed by atoms with Gasteiger partial charge < -0.3 is 20.1 Å². The molecule has 26 heavy (non-hydrogen) atoms. The van der Waals surface area contributed by atoms with Crippen molar-refractivity contribution in [3.8, 4) is 0 Å². The van der Waals surface area contributed by atoms with Crippen molar-refractivity contribution in [1.82, 2.24) is 20.8 Å². The summed E-state index contributed by atoms with van der Waals surface area (Å²) in [6.45, 7) is 6.31. The molecule has 2 N–H and O–H groups in total. The van der Waals surface area contributed by atoms with Gasteiger partial charge in [-0.3, -0.25) is 4.79 Å². The van der Waals surface area contributed by atoms with Gasteiger partial charge in [-0.25, -0.2) is 4.99 Å². The van der Waals surface area contributed by atoms with E-state index in [1.807, 2.05) is 36.1 Å². The summed E-state index contributed by atoms with van der Waals surface area (Å²) in [5.74, 6) is 2.01. The zero-order valence-electron chi connectivity index (χ0n) is 15.2. The van der Waals surface area contributed by atoms with Crippen molar-refractivity contribution >= 4 is 17.6 Å². The molecule has 0 spiro atoms. The second-order valence-corrected chi connectivity index (χ2v) is 6.10. The van der Waals surface area contributed by atoms with Crippen LogP contribution in [0.5, 0.6) is 0 Å². The molecule has 8 nitrogen and oxygen atoms in total. The van der Waals surface area contributed by atoms with E-state index in [0.717, 1.165) is 30.8 Å². The molecule has 1 saturated heterocycles. The maximum atomic E-state index is 11.8. The van der Waals surface area contributed by atoms with Crippen molar-refractivity contribution in [2.24, 2.45) is 4.99 Å². The monoisotopic (exact) mass is 356 g/mol. The molecule has 1 aliphatic rings. The topological polar surface area (TPSA) is 95.7 Å². The van der Waals surface area contributed by atoms with E-state index in [9.17, 15) is 4.79 Å². The summed E-state index contributed by atoms with van der Waals surface area (Å²) >= 11 is 0. The summed E-state index contributed by atoms with van der Waals surface area (Å²) in [6, 6.07) is 7.98. The average Bonchev–Trinajstić information content (AvgIpc) is 3.26. The van der Waals surface area contributed by atoms with Gasteiger partial charge in [-0.05, 0) is 38.0 Å². The van der Waals surface area contributed by atoms with E-state index < -0.39 is 0 Å². The first-order valence-electron chi connectivity index (χ1n) is 8.86. The second-order valence-electron chi connectivity index (χ2n) is 6.10. The molecule has 2 heterocycles. The van der Waals surface area contributed by atoms with Gasteiger partial charge in [0.2, 0.25) is 11.8 Å². The van der Waals surface area contributed by atoms with E-state index >= 15 is 0 Å². The van der Waals surface area contributed by atoms with Crippen LogP contribution in [0, 0.1) is 6.92 Å². The molecule has 1 amide bonds. The van der Waals surface area contributed by atoms with Crippen LogP contribution in [0.3, 0.4) is 0 Å². The fraction of sp³-hybridized carbons (Fsp3) is 0.444. The van der Waals surface area contributed by atoms with Crippen molar-refractivity contribution < 1.29 is 9.32 Å². The molecule has 0 atom stereocenters. The lowest BCUT2D eigenvalue weighted by atomic mass is 10.2. The third-order valence-electron chi connectivity index (χ3n) is 4.06. The van der Waals surface area contributed by atoms with Crippen molar-refractivity contribution in [3.05, 3.63) is 41.5 Å². The van der Waals surface area contributed by atoms with E-state index in [2.05, 4.69) is 25.8 Å². The highest BCUT2D eigenvalue weighted by molar-refractivity contribution is 5.95. The first-order chi connectivity index (χ1) is 12.7. The lowest BCUT2D eigenvalue weighted by molar-refractivity contribution is -0.117. The lowest BCUT2D eigenvalue weighted by Crippen LogP contribution is -2.36. The molecule has 0 radical (unpaired) electrons. The number of aryl methyl sites for hydroxylation is 1. The number of amides is 1. The van der Waals surface area contributed by atoms with Crippen LogP contribution in [0.15, 0.2) is 33.8 Å². The summed E-state index contributed by atoms with van der Waals surface area (Å²) in [6.07, 6.45) is 1.57. The molecule has 3 rings (SSSR count). The number of guanidine groups is 1. The molecular formula is C18H24N6O2. The van der Waals surface area contributed by atoms with E-state index in [1.165, 1.54) is 0 Å². The van der Waals surface area contributed by atoms with Crippen LogP contribution in [-0.4, -0.2) is 35.1 Å². The Morgan fingerprint density at radius 1 is 1.31 bits per heavy atom. The molecule has 1 aromatic heterocycles. The maximum Gasteiger partial charge on any atom is 0.246 e. The van der Waals surface area contributed by atoms with E-state index in [4.69, 9.17) is 4.52 Å². The summed E-state index contributed by atoms with van der Waals surface area (Å²) in [5.41, 5.74) is 2.03. The van der Waals surface area contributed by atoms with Crippen LogP contribution in [-0.2, 0) is 17.9 Å². The van der Waals surface area contributed by atoms with Crippen LogP contribution in [0.2, 0.25) is 0 Å². The number of nitrogens with zero attached hydrogens (tertiary/aromatic N) is 4. The van der Waals surface area contributed by atoms with Crippen LogP contribution < -0.4 is 15.5 Å². The minimum atomic E-state index is 0.200. The van der Waals surface area contributed by atoms with Gasteiger partial charge in [-0.15, -0.1) is 0 Å². The number of hydrogen-bond donors (Lipinski definition) is 2. The predicted octanol–water partition coefficient (Wildman–Crippen LogP) is 1.76. The van der Waals surface area contributed by atoms with Crippen molar-refractivity contribution in [1.29, 1.82) is 0 Å². The Morgan fingerprint density at radius 2 is 2.12 bits per heavy atom. The summed E-state index contributed by atoms with van der Waals surface area (Å²) in [4.78, 5) is 22.4. The van der Waals surface area contributed by atoms with Gasteiger partial charge in [0.25, 0.3) is 0 Å². The maximum absolute atomic E-state index is 11.8. The van der Waals surface area contributed by atoms with Crippen molar-refractivity contribution in [2.45, 2.75) is 39.8 Å². The molecule has 138 valence electrons. The standard InChI is InChI=1S/C18H24N6O2/c1-3-19-18(21-12-16-22-13(2)23-26-16)20-11-14-6-8-15(9-7-14)24-10-4-5-17(24)25/h6-9H,3-5,10-12H2,1-2H3,(H2,19,20,21). The molecular weight excluding hydrogens is 332 g/mol. The Morgan fingerprint density at radius 3 is 2.73 bits per heavy atom. The molecule has 1 fully saturated rings. The number of carbonyl (C=O) groups excluding carboxylic acids is 1. The molecule has 0 aliphatic carbocycles. The number of anilines is 1. The minimum absolute atomic E-state index is 0.200. The Bertz CT molecular complexity index is 768. The Kier molecular flexibility index (Phi) is 5.83. The zero-order valence-corrected chi connectivity index (χ0v) is 15.2. The number of benzene rings is 1. The lowest BCUT2D eigenvalue weighted by Gasteiger charge is -2.15. The van der Waals surface area contributed by atoms with Gasteiger partial charge in [0.05, 0.1) is 13.1 Å². The fourth-order valence-corrected chi connectivity index (χ4v) is 2.79. The molecule has 8 heteroatoms. The van der Waals surface area contributed by atoms with E-state index in [-0.39, 0.29) is 5.91 Å². The molecule has 0 bridgehead atoms. The molecule has 0 saturated carbocycles. The van der Waals surface area contributed by atoms with Gasteiger partial charge in [0.1, 0.15) is 0 Å². The molecule has 0 unspecified atom stereocenters. The highest BCUT2D eigenvalue weighted by Gasteiger charge is 2.21. The minimum Gasteiger partial charge on any atom is -0.357 e. The van der Waals surface area contributed by atoms with Gasteiger partial charge in [-0.2, -0.15) is 4.98 Å². The normalized spacial score (nSPS) is 14.8. The molecule has 2 aromatic rings. The number of nitrogens with one attached hydrogen (secondary N) is 2. The predicted molar refractivity (Wildman–Crippen MR) is 98.7 cm³/mol. The first-order valence-corrected chi connectivity index (χ1v) is 8.86. The van der Waals surface area contributed by atoms with Crippen LogP contribution in [0.1, 0.15) is 37.0 Å². The molecule has 1 aromatic carbocycles. The van der Waals surface area contributed by atoms with Crippen molar-refractivity contribution in [3.63, 3.8) is 0 Å². The smallest absolute Gasteiger partial charge is 0.246 e. The van der Waals surface area contributed by atoms with E-state index in [1.54, 1.807) is 6.92 Å².